The number of hydrogen-bond acceptors (Lipinski definition) is 3. The monoisotopic (exact) mass is 329 g/mol. The molecule has 1 aromatic rings. The Labute approximate surface area is 122 Å². The predicted octanol–water partition coefficient (Wildman–Crippen LogP) is 2.74. The Hall–Kier alpha value is -1.23. The van der Waals surface area contributed by atoms with Crippen molar-refractivity contribution in [2.75, 3.05) is 14.2 Å². The van der Waals surface area contributed by atoms with Crippen molar-refractivity contribution < 1.29 is 14.3 Å². The fourth-order valence-corrected chi connectivity index (χ4v) is 1.76. The maximum atomic E-state index is 11.9. The largest absolute Gasteiger partial charge is 0.497 e. The standard InChI is InChI=1S/C14H20BrNO3/c1-9(2)13(15)14(17)16-8-10-7-11(18-3)5-6-12(10)19-4/h5-7,9,13H,8H2,1-4H3,(H,16,17). The van der Waals surface area contributed by atoms with Gasteiger partial charge in [0.25, 0.3) is 0 Å². The van der Waals surface area contributed by atoms with E-state index >= 15 is 0 Å². The molecule has 1 rings (SSSR count). The van der Waals surface area contributed by atoms with Gasteiger partial charge in [-0.15, -0.1) is 0 Å². The van der Waals surface area contributed by atoms with Gasteiger partial charge < -0.3 is 14.8 Å². The summed E-state index contributed by atoms with van der Waals surface area (Å²) < 4.78 is 10.4. The van der Waals surface area contributed by atoms with Crippen LogP contribution in [0.25, 0.3) is 0 Å². The Bertz CT molecular complexity index is 435. The van der Waals surface area contributed by atoms with Crippen LogP contribution in [0.1, 0.15) is 19.4 Å². The van der Waals surface area contributed by atoms with Gasteiger partial charge in [-0.2, -0.15) is 0 Å². The van der Waals surface area contributed by atoms with Gasteiger partial charge in [-0.1, -0.05) is 29.8 Å². The van der Waals surface area contributed by atoms with Gasteiger partial charge in [0.05, 0.1) is 19.0 Å². The lowest BCUT2D eigenvalue weighted by molar-refractivity contribution is -0.121. The van der Waals surface area contributed by atoms with Crippen molar-refractivity contribution >= 4 is 21.8 Å². The average Bonchev–Trinajstić information content (AvgIpc) is 2.43. The average molecular weight is 330 g/mol. The summed E-state index contributed by atoms with van der Waals surface area (Å²) in [6.45, 7) is 4.39. The first kappa shape index (κ1) is 15.8. The van der Waals surface area contributed by atoms with Gasteiger partial charge in [0.1, 0.15) is 11.5 Å². The molecule has 0 heterocycles. The summed E-state index contributed by atoms with van der Waals surface area (Å²) in [4.78, 5) is 11.7. The molecule has 0 aliphatic heterocycles. The number of amides is 1. The Kier molecular flexibility index (Phi) is 6.15. The van der Waals surface area contributed by atoms with Gasteiger partial charge in [0.15, 0.2) is 0 Å². The molecule has 0 radical (unpaired) electrons. The summed E-state index contributed by atoms with van der Waals surface area (Å²) in [6, 6.07) is 5.51. The number of methoxy groups -OCH3 is 2. The van der Waals surface area contributed by atoms with Crippen LogP contribution in [0.5, 0.6) is 11.5 Å². The second-order valence-corrected chi connectivity index (χ2v) is 5.53. The zero-order valence-electron chi connectivity index (χ0n) is 11.7. The van der Waals surface area contributed by atoms with Crippen molar-refractivity contribution in [3.05, 3.63) is 23.8 Å². The molecule has 0 fully saturated rings. The highest BCUT2D eigenvalue weighted by molar-refractivity contribution is 9.10. The first-order valence-corrected chi connectivity index (χ1v) is 7.03. The van der Waals surface area contributed by atoms with Crippen molar-refractivity contribution in [2.45, 2.75) is 25.2 Å². The highest BCUT2D eigenvalue weighted by atomic mass is 79.9. The molecule has 0 aromatic heterocycles. The Morgan fingerprint density at radius 2 is 2.00 bits per heavy atom. The number of rotatable bonds is 6. The molecule has 0 saturated heterocycles. The van der Waals surface area contributed by atoms with Crippen molar-refractivity contribution in [3.8, 4) is 11.5 Å². The maximum absolute atomic E-state index is 11.9. The topological polar surface area (TPSA) is 47.6 Å². The third kappa shape index (κ3) is 4.42. The van der Waals surface area contributed by atoms with Crippen LogP contribution in [0, 0.1) is 5.92 Å². The van der Waals surface area contributed by atoms with E-state index in [1.165, 1.54) is 0 Å². The van der Waals surface area contributed by atoms with E-state index in [0.717, 1.165) is 17.1 Å². The molecule has 4 nitrogen and oxygen atoms in total. The molecule has 0 spiro atoms. The first-order chi connectivity index (χ1) is 8.99. The Morgan fingerprint density at radius 3 is 2.53 bits per heavy atom. The molecule has 1 atom stereocenters. The second-order valence-electron chi connectivity index (χ2n) is 4.54. The highest BCUT2D eigenvalue weighted by Gasteiger charge is 2.18. The fraction of sp³-hybridized carbons (Fsp3) is 0.500. The minimum atomic E-state index is -0.191. The molecule has 1 amide bonds. The number of carbonyl (C=O) groups excluding carboxylic acids is 1. The smallest absolute Gasteiger partial charge is 0.234 e. The SMILES string of the molecule is COc1ccc(OC)c(CNC(=O)C(Br)C(C)C)c1. The summed E-state index contributed by atoms with van der Waals surface area (Å²) in [6.07, 6.45) is 0. The van der Waals surface area contributed by atoms with Gasteiger partial charge in [-0.3, -0.25) is 4.79 Å². The molecule has 0 aliphatic carbocycles. The van der Waals surface area contributed by atoms with Crippen LogP contribution in [0.4, 0.5) is 0 Å². The van der Waals surface area contributed by atoms with Gasteiger partial charge in [0, 0.05) is 12.1 Å². The van der Waals surface area contributed by atoms with Gasteiger partial charge >= 0.3 is 0 Å². The van der Waals surface area contributed by atoms with Gasteiger partial charge in [0.2, 0.25) is 5.91 Å². The van der Waals surface area contributed by atoms with Crippen LogP contribution in [0.3, 0.4) is 0 Å². The van der Waals surface area contributed by atoms with E-state index in [0.29, 0.717) is 6.54 Å². The normalized spacial score (nSPS) is 12.1. The van der Waals surface area contributed by atoms with Gasteiger partial charge in [-0.25, -0.2) is 0 Å². The van der Waals surface area contributed by atoms with E-state index in [1.54, 1.807) is 14.2 Å². The van der Waals surface area contributed by atoms with Crippen molar-refractivity contribution in [1.29, 1.82) is 0 Å². The van der Waals surface area contributed by atoms with Crippen LogP contribution in [-0.4, -0.2) is 25.0 Å². The van der Waals surface area contributed by atoms with Crippen molar-refractivity contribution in [3.63, 3.8) is 0 Å². The zero-order chi connectivity index (χ0) is 14.4. The van der Waals surface area contributed by atoms with E-state index in [-0.39, 0.29) is 16.7 Å². The van der Waals surface area contributed by atoms with E-state index in [2.05, 4.69) is 21.2 Å². The van der Waals surface area contributed by atoms with E-state index in [1.807, 2.05) is 32.0 Å². The fourth-order valence-electron chi connectivity index (χ4n) is 1.60. The molecule has 1 aromatic carbocycles. The Balaban J connectivity index is 2.73. The van der Waals surface area contributed by atoms with E-state index in [9.17, 15) is 4.79 Å². The summed E-state index contributed by atoms with van der Waals surface area (Å²) >= 11 is 3.38. The lowest BCUT2D eigenvalue weighted by atomic mass is 10.1. The quantitative estimate of drug-likeness (QED) is 0.816. The third-order valence-corrected chi connectivity index (χ3v) is 4.25. The molecule has 19 heavy (non-hydrogen) atoms. The molecule has 1 N–H and O–H groups in total. The first-order valence-electron chi connectivity index (χ1n) is 6.12. The number of hydrogen-bond donors (Lipinski definition) is 1. The Morgan fingerprint density at radius 1 is 1.32 bits per heavy atom. The minimum Gasteiger partial charge on any atom is -0.497 e. The van der Waals surface area contributed by atoms with Crippen LogP contribution < -0.4 is 14.8 Å². The molecule has 106 valence electrons. The molecule has 0 saturated carbocycles. The summed E-state index contributed by atoms with van der Waals surface area (Å²) in [7, 11) is 3.21. The number of halogens is 1. The predicted molar refractivity (Wildman–Crippen MR) is 78.9 cm³/mol. The molecular weight excluding hydrogens is 310 g/mol. The van der Waals surface area contributed by atoms with Crippen LogP contribution in [-0.2, 0) is 11.3 Å². The van der Waals surface area contributed by atoms with E-state index < -0.39 is 0 Å². The van der Waals surface area contributed by atoms with Gasteiger partial charge in [-0.05, 0) is 24.1 Å². The summed E-state index contributed by atoms with van der Waals surface area (Å²) in [5.41, 5.74) is 0.888. The summed E-state index contributed by atoms with van der Waals surface area (Å²) in [5, 5.41) is 2.88. The third-order valence-electron chi connectivity index (χ3n) is 2.78. The van der Waals surface area contributed by atoms with Crippen LogP contribution in [0.2, 0.25) is 0 Å². The molecular formula is C14H20BrNO3. The maximum Gasteiger partial charge on any atom is 0.234 e. The summed E-state index contributed by atoms with van der Waals surface area (Å²) in [5.74, 6) is 1.69. The minimum absolute atomic E-state index is 0.0279. The number of nitrogens with one attached hydrogen (secondary N) is 1. The number of benzene rings is 1. The van der Waals surface area contributed by atoms with E-state index in [4.69, 9.17) is 9.47 Å². The van der Waals surface area contributed by atoms with Crippen molar-refractivity contribution in [2.24, 2.45) is 5.92 Å². The number of alkyl halides is 1. The lowest BCUT2D eigenvalue weighted by Crippen LogP contribution is -2.33. The van der Waals surface area contributed by atoms with Crippen molar-refractivity contribution in [1.82, 2.24) is 5.32 Å². The van der Waals surface area contributed by atoms with Crippen LogP contribution in [0.15, 0.2) is 18.2 Å². The molecule has 1 unspecified atom stereocenters. The van der Waals surface area contributed by atoms with Crippen LogP contribution >= 0.6 is 15.9 Å². The molecule has 5 heteroatoms. The lowest BCUT2D eigenvalue weighted by Gasteiger charge is -2.15. The number of ether oxygens (including phenoxy) is 2. The molecule has 0 bridgehead atoms. The number of carbonyl (C=O) groups is 1. The molecule has 0 aliphatic rings. The zero-order valence-corrected chi connectivity index (χ0v) is 13.3. The highest BCUT2D eigenvalue weighted by Crippen LogP contribution is 2.24. The second kappa shape index (κ2) is 7.38.